The zero-order valence-electron chi connectivity index (χ0n) is 13.2. The second-order valence-corrected chi connectivity index (χ2v) is 5.63. The van der Waals surface area contributed by atoms with E-state index in [1.54, 1.807) is 7.11 Å². The molecule has 1 aromatic carbocycles. The highest BCUT2D eigenvalue weighted by Crippen LogP contribution is 2.23. The molecule has 4 heteroatoms. The van der Waals surface area contributed by atoms with Crippen LogP contribution in [0.2, 0.25) is 0 Å². The molecule has 0 aromatic heterocycles. The number of hydrogen-bond donors (Lipinski definition) is 0. The van der Waals surface area contributed by atoms with Gasteiger partial charge in [0.2, 0.25) is 0 Å². The van der Waals surface area contributed by atoms with Crippen LogP contribution in [0.1, 0.15) is 30.9 Å². The van der Waals surface area contributed by atoms with E-state index in [-0.39, 0.29) is 11.9 Å². The van der Waals surface area contributed by atoms with E-state index < -0.39 is 0 Å². The van der Waals surface area contributed by atoms with Gasteiger partial charge in [0.15, 0.2) is 0 Å². The Kier molecular flexibility index (Phi) is 5.62. The minimum absolute atomic E-state index is 0.0260. The van der Waals surface area contributed by atoms with Gasteiger partial charge in [-0.1, -0.05) is 12.1 Å². The minimum atomic E-state index is -0.0480. The lowest BCUT2D eigenvalue weighted by molar-refractivity contribution is -0.150. The zero-order valence-corrected chi connectivity index (χ0v) is 13.2. The van der Waals surface area contributed by atoms with Crippen molar-refractivity contribution in [1.82, 2.24) is 4.90 Å². The van der Waals surface area contributed by atoms with Gasteiger partial charge in [-0.15, -0.1) is 0 Å². The number of carbonyl (C=O) groups excluding carboxylic acids is 1. The van der Waals surface area contributed by atoms with Crippen molar-refractivity contribution in [2.45, 2.75) is 33.2 Å². The summed E-state index contributed by atoms with van der Waals surface area (Å²) in [5, 5.41) is 0. The molecule has 0 radical (unpaired) electrons. The van der Waals surface area contributed by atoms with E-state index in [2.05, 4.69) is 24.0 Å². The maximum absolute atomic E-state index is 11.9. The molecular weight excluding hydrogens is 266 g/mol. The molecule has 1 aliphatic heterocycles. The molecule has 2 rings (SSSR count). The highest BCUT2D eigenvalue weighted by molar-refractivity contribution is 5.72. The molecule has 1 fully saturated rings. The molecule has 1 atom stereocenters. The molecule has 1 aromatic rings. The van der Waals surface area contributed by atoms with Crippen LogP contribution in [0.4, 0.5) is 0 Å². The molecule has 0 spiro atoms. The van der Waals surface area contributed by atoms with Crippen molar-refractivity contribution < 1.29 is 14.3 Å². The number of hydrogen-bond acceptors (Lipinski definition) is 4. The van der Waals surface area contributed by atoms with Crippen molar-refractivity contribution in [1.29, 1.82) is 0 Å². The number of esters is 1. The number of nitrogens with zero attached hydrogens (tertiary/aromatic N) is 1. The molecule has 0 amide bonds. The summed E-state index contributed by atoms with van der Waals surface area (Å²) in [5.41, 5.74) is 2.41. The third-order valence-corrected chi connectivity index (χ3v) is 3.99. The molecule has 4 nitrogen and oxygen atoms in total. The van der Waals surface area contributed by atoms with E-state index in [1.807, 2.05) is 13.0 Å². The van der Waals surface area contributed by atoms with E-state index >= 15 is 0 Å². The molecular formula is C17H25NO3. The fourth-order valence-corrected chi connectivity index (χ4v) is 2.95. The van der Waals surface area contributed by atoms with E-state index in [0.717, 1.165) is 43.8 Å². The first-order valence-electron chi connectivity index (χ1n) is 7.66. The maximum Gasteiger partial charge on any atom is 0.310 e. The number of carbonyl (C=O) groups is 1. The van der Waals surface area contributed by atoms with Crippen LogP contribution in [0.25, 0.3) is 0 Å². The fraction of sp³-hybridized carbons (Fsp3) is 0.588. The Bertz CT molecular complexity index is 487. The number of rotatable bonds is 5. The summed E-state index contributed by atoms with van der Waals surface area (Å²) < 4.78 is 10.4. The topological polar surface area (TPSA) is 38.8 Å². The number of aryl methyl sites for hydroxylation is 1. The van der Waals surface area contributed by atoms with Gasteiger partial charge in [0.05, 0.1) is 19.6 Å². The zero-order chi connectivity index (χ0) is 15.2. The summed E-state index contributed by atoms with van der Waals surface area (Å²) in [4.78, 5) is 14.2. The first-order valence-corrected chi connectivity index (χ1v) is 7.66. The quantitative estimate of drug-likeness (QED) is 0.782. The van der Waals surface area contributed by atoms with Gasteiger partial charge in [-0.05, 0) is 50.4 Å². The summed E-state index contributed by atoms with van der Waals surface area (Å²) in [6, 6.07) is 6.27. The standard InChI is InChI=1S/C17H25NO3/c1-4-21-17(19)15-6-5-9-18(12-15)11-14-7-8-16(20-3)13(2)10-14/h7-8,10,15H,4-6,9,11-12H2,1-3H3/t15-/m0/s1. The Hall–Kier alpha value is -1.55. The molecule has 0 N–H and O–H groups in total. The van der Waals surface area contributed by atoms with E-state index in [0.29, 0.717) is 6.61 Å². The van der Waals surface area contributed by atoms with Gasteiger partial charge >= 0.3 is 5.97 Å². The summed E-state index contributed by atoms with van der Waals surface area (Å²) in [6.07, 6.45) is 2.00. The van der Waals surface area contributed by atoms with Crippen LogP contribution in [-0.4, -0.2) is 37.7 Å². The van der Waals surface area contributed by atoms with Crippen LogP contribution in [0.15, 0.2) is 18.2 Å². The highest BCUT2D eigenvalue weighted by Gasteiger charge is 2.26. The predicted molar refractivity (Wildman–Crippen MR) is 82.4 cm³/mol. The number of piperidine rings is 1. The van der Waals surface area contributed by atoms with Gasteiger partial charge in [-0.3, -0.25) is 9.69 Å². The van der Waals surface area contributed by atoms with Crippen LogP contribution < -0.4 is 4.74 Å². The monoisotopic (exact) mass is 291 g/mol. The van der Waals surface area contributed by atoms with Crippen molar-refractivity contribution in [2.75, 3.05) is 26.8 Å². The lowest BCUT2D eigenvalue weighted by atomic mass is 9.97. The molecule has 0 saturated carbocycles. The van der Waals surface area contributed by atoms with Crippen LogP contribution in [0.5, 0.6) is 5.75 Å². The van der Waals surface area contributed by atoms with Gasteiger partial charge in [-0.25, -0.2) is 0 Å². The normalized spacial score (nSPS) is 19.3. The molecule has 1 aliphatic rings. The Morgan fingerprint density at radius 1 is 1.43 bits per heavy atom. The Balaban J connectivity index is 1.96. The Morgan fingerprint density at radius 2 is 2.24 bits per heavy atom. The van der Waals surface area contributed by atoms with Gasteiger partial charge < -0.3 is 9.47 Å². The first-order chi connectivity index (χ1) is 10.1. The molecule has 116 valence electrons. The number of benzene rings is 1. The summed E-state index contributed by atoms with van der Waals surface area (Å²) in [5.74, 6) is 0.896. The fourth-order valence-electron chi connectivity index (χ4n) is 2.95. The number of likely N-dealkylation sites (tertiary alicyclic amines) is 1. The molecule has 0 bridgehead atoms. The average Bonchev–Trinajstić information content (AvgIpc) is 2.48. The van der Waals surface area contributed by atoms with E-state index in [4.69, 9.17) is 9.47 Å². The molecule has 1 heterocycles. The van der Waals surface area contributed by atoms with Crippen molar-refractivity contribution in [2.24, 2.45) is 5.92 Å². The maximum atomic E-state index is 11.9. The van der Waals surface area contributed by atoms with E-state index in [9.17, 15) is 4.79 Å². The van der Waals surface area contributed by atoms with Crippen LogP contribution in [0, 0.1) is 12.8 Å². The van der Waals surface area contributed by atoms with Gasteiger partial charge in [0.25, 0.3) is 0 Å². The molecule has 0 unspecified atom stereocenters. The van der Waals surface area contributed by atoms with Crippen LogP contribution in [0.3, 0.4) is 0 Å². The lowest BCUT2D eigenvalue weighted by Gasteiger charge is -2.31. The van der Waals surface area contributed by atoms with Crippen molar-refractivity contribution in [3.63, 3.8) is 0 Å². The third kappa shape index (κ3) is 4.21. The Morgan fingerprint density at radius 3 is 2.90 bits per heavy atom. The van der Waals surface area contributed by atoms with E-state index in [1.165, 1.54) is 5.56 Å². The number of ether oxygens (including phenoxy) is 2. The van der Waals surface area contributed by atoms with Gasteiger partial charge in [-0.2, -0.15) is 0 Å². The third-order valence-electron chi connectivity index (χ3n) is 3.99. The molecule has 0 aliphatic carbocycles. The van der Waals surface area contributed by atoms with Crippen molar-refractivity contribution in [3.8, 4) is 5.75 Å². The summed E-state index contributed by atoms with van der Waals surface area (Å²) in [7, 11) is 1.69. The van der Waals surface area contributed by atoms with Crippen molar-refractivity contribution in [3.05, 3.63) is 29.3 Å². The smallest absolute Gasteiger partial charge is 0.310 e. The largest absolute Gasteiger partial charge is 0.496 e. The van der Waals surface area contributed by atoms with Crippen LogP contribution in [-0.2, 0) is 16.1 Å². The Labute approximate surface area is 127 Å². The predicted octanol–water partition coefficient (Wildman–Crippen LogP) is 2.78. The molecule has 21 heavy (non-hydrogen) atoms. The van der Waals surface area contributed by atoms with Crippen LogP contribution >= 0.6 is 0 Å². The second kappa shape index (κ2) is 7.46. The minimum Gasteiger partial charge on any atom is -0.496 e. The second-order valence-electron chi connectivity index (χ2n) is 5.63. The SMILES string of the molecule is CCOC(=O)[C@H]1CCCN(Cc2ccc(OC)c(C)c2)C1. The van der Waals surface area contributed by atoms with Gasteiger partial charge in [0.1, 0.15) is 5.75 Å². The summed E-state index contributed by atoms with van der Waals surface area (Å²) >= 11 is 0. The number of methoxy groups -OCH3 is 1. The summed E-state index contributed by atoms with van der Waals surface area (Å²) in [6.45, 7) is 7.09. The van der Waals surface area contributed by atoms with Crippen molar-refractivity contribution >= 4 is 5.97 Å². The average molecular weight is 291 g/mol. The highest BCUT2D eigenvalue weighted by atomic mass is 16.5. The lowest BCUT2D eigenvalue weighted by Crippen LogP contribution is -2.38. The first kappa shape index (κ1) is 15.8. The molecule has 1 saturated heterocycles. The van der Waals surface area contributed by atoms with Gasteiger partial charge in [0, 0.05) is 13.1 Å².